The molecule has 9 heteroatoms. The van der Waals surface area contributed by atoms with Gasteiger partial charge in [0.15, 0.2) is 17.0 Å². The van der Waals surface area contributed by atoms with E-state index in [1.165, 1.54) is 24.7 Å². The molecular formula is C22H30N6O3. The minimum atomic E-state index is -0.746. The second kappa shape index (κ2) is 10.0. The van der Waals surface area contributed by atoms with E-state index in [2.05, 4.69) is 44.5 Å². The van der Waals surface area contributed by atoms with E-state index in [9.17, 15) is 10.2 Å². The summed E-state index contributed by atoms with van der Waals surface area (Å²) >= 11 is 0. The summed E-state index contributed by atoms with van der Waals surface area (Å²) in [5.41, 5.74) is 8.42. The van der Waals surface area contributed by atoms with Gasteiger partial charge in [-0.05, 0) is 24.8 Å². The lowest BCUT2D eigenvalue weighted by atomic mass is 10.1. The molecule has 1 unspecified atom stereocenters. The normalized spacial score (nSPS) is 21.0. The van der Waals surface area contributed by atoms with Gasteiger partial charge in [0.2, 0.25) is 5.95 Å². The van der Waals surface area contributed by atoms with Crippen LogP contribution in [0.2, 0.25) is 0 Å². The Bertz CT molecular complexity index is 980. The molecule has 4 rings (SSSR count). The molecule has 166 valence electrons. The lowest BCUT2D eigenvalue weighted by Crippen LogP contribution is -2.24. The van der Waals surface area contributed by atoms with Gasteiger partial charge in [0, 0.05) is 13.0 Å². The number of aliphatic hydroxyl groups excluding tert-OH is 2. The molecule has 3 aromatic rings. The van der Waals surface area contributed by atoms with Gasteiger partial charge in [-0.2, -0.15) is 0 Å². The first-order chi connectivity index (χ1) is 15.2. The van der Waals surface area contributed by atoms with Crippen molar-refractivity contribution in [1.29, 1.82) is 0 Å². The monoisotopic (exact) mass is 426 g/mol. The van der Waals surface area contributed by atoms with Crippen molar-refractivity contribution < 1.29 is 14.9 Å². The summed E-state index contributed by atoms with van der Waals surface area (Å²) in [6.45, 7) is 0.508. The Labute approximate surface area is 181 Å². The highest BCUT2D eigenvalue weighted by molar-refractivity contribution is 5.84. The fourth-order valence-corrected chi connectivity index (χ4v) is 4.01. The SMILES string of the molecule is Nc1ncnc2c1nc(NCCCCCCc1ccccc1)n2[C@H]1CC(O)[C@@H](CO)O1. The summed E-state index contributed by atoms with van der Waals surface area (Å²) in [7, 11) is 0. The molecule has 3 heterocycles. The smallest absolute Gasteiger partial charge is 0.207 e. The maximum atomic E-state index is 10.2. The van der Waals surface area contributed by atoms with Gasteiger partial charge in [0.05, 0.1) is 12.7 Å². The predicted molar refractivity (Wildman–Crippen MR) is 118 cm³/mol. The summed E-state index contributed by atoms with van der Waals surface area (Å²) in [4.78, 5) is 12.9. The highest BCUT2D eigenvalue weighted by Gasteiger charge is 2.36. The van der Waals surface area contributed by atoms with E-state index in [0.717, 1.165) is 25.8 Å². The molecule has 2 aromatic heterocycles. The number of anilines is 2. The molecule has 1 saturated heterocycles. The van der Waals surface area contributed by atoms with Crippen LogP contribution in [0.25, 0.3) is 11.2 Å². The summed E-state index contributed by atoms with van der Waals surface area (Å²) in [5.74, 6) is 0.882. The highest BCUT2D eigenvalue weighted by atomic mass is 16.5. The molecule has 0 bridgehead atoms. The van der Waals surface area contributed by atoms with E-state index in [0.29, 0.717) is 29.4 Å². The Hall–Kier alpha value is -2.75. The molecule has 31 heavy (non-hydrogen) atoms. The van der Waals surface area contributed by atoms with Crippen molar-refractivity contribution in [2.24, 2.45) is 0 Å². The van der Waals surface area contributed by atoms with Gasteiger partial charge in [-0.25, -0.2) is 15.0 Å². The van der Waals surface area contributed by atoms with Crippen molar-refractivity contribution >= 4 is 22.9 Å². The average Bonchev–Trinajstić information content (AvgIpc) is 3.34. The molecule has 0 spiro atoms. The molecule has 0 amide bonds. The molecule has 0 aliphatic carbocycles. The van der Waals surface area contributed by atoms with Gasteiger partial charge < -0.3 is 26.0 Å². The molecule has 1 aliphatic heterocycles. The Morgan fingerprint density at radius 2 is 1.94 bits per heavy atom. The number of nitrogens with one attached hydrogen (secondary N) is 1. The van der Waals surface area contributed by atoms with Gasteiger partial charge in [-0.1, -0.05) is 43.2 Å². The van der Waals surface area contributed by atoms with Gasteiger partial charge in [-0.3, -0.25) is 4.57 Å². The van der Waals surface area contributed by atoms with Crippen LogP contribution in [-0.2, 0) is 11.2 Å². The van der Waals surface area contributed by atoms with Gasteiger partial charge in [0.1, 0.15) is 18.7 Å². The number of ether oxygens (including phenoxy) is 1. The third-order valence-electron chi connectivity index (χ3n) is 5.70. The van der Waals surface area contributed by atoms with Crippen LogP contribution >= 0.6 is 0 Å². The summed E-state index contributed by atoms with van der Waals surface area (Å²) < 4.78 is 7.65. The molecule has 9 nitrogen and oxygen atoms in total. The largest absolute Gasteiger partial charge is 0.394 e. The fraction of sp³-hybridized carbons (Fsp3) is 0.500. The number of benzene rings is 1. The third-order valence-corrected chi connectivity index (χ3v) is 5.70. The summed E-state index contributed by atoms with van der Waals surface area (Å²) in [5, 5.41) is 22.9. The topological polar surface area (TPSA) is 131 Å². The zero-order valence-corrected chi connectivity index (χ0v) is 17.5. The second-order valence-electron chi connectivity index (χ2n) is 7.93. The van der Waals surface area contributed by atoms with Gasteiger partial charge >= 0.3 is 0 Å². The molecule has 0 saturated carbocycles. The van der Waals surface area contributed by atoms with Crippen LogP contribution in [0.3, 0.4) is 0 Å². The Morgan fingerprint density at radius 1 is 1.13 bits per heavy atom. The van der Waals surface area contributed by atoms with Crippen molar-refractivity contribution in [1.82, 2.24) is 19.5 Å². The Balaban J connectivity index is 1.35. The van der Waals surface area contributed by atoms with Crippen LogP contribution in [-0.4, -0.2) is 55.1 Å². The number of nitrogen functional groups attached to an aromatic ring is 1. The van der Waals surface area contributed by atoms with Crippen molar-refractivity contribution in [2.75, 3.05) is 24.2 Å². The number of nitrogens with zero attached hydrogens (tertiary/aromatic N) is 4. The molecule has 1 aromatic carbocycles. The maximum absolute atomic E-state index is 10.2. The summed E-state index contributed by atoms with van der Waals surface area (Å²) in [6.07, 6.45) is 5.44. The van der Waals surface area contributed by atoms with Crippen LogP contribution in [0.5, 0.6) is 0 Å². The number of unbranched alkanes of at least 4 members (excludes halogenated alkanes) is 3. The standard InChI is InChI=1S/C22H30N6O3/c23-20-19-21(26-14-25-20)28(18-12-16(30)17(13-29)31-18)22(27-19)24-11-7-2-1-4-8-15-9-5-3-6-10-15/h3,5-6,9-10,14,16-18,29-30H,1-2,4,7-8,11-13H2,(H,24,27)(H2,23,25,26)/t16?,17-,18-/m1/s1. The third kappa shape index (κ3) is 4.95. The van der Waals surface area contributed by atoms with E-state index in [4.69, 9.17) is 10.5 Å². The lowest BCUT2D eigenvalue weighted by molar-refractivity contribution is -0.0425. The van der Waals surface area contributed by atoms with Crippen molar-refractivity contribution in [3.05, 3.63) is 42.2 Å². The Morgan fingerprint density at radius 3 is 2.71 bits per heavy atom. The minimum absolute atomic E-state index is 0.243. The van der Waals surface area contributed by atoms with Crippen LogP contribution in [0.1, 0.15) is 43.9 Å². The van der Waals surface area contributed by atoms with Crippen LogP contribution in [0.15, 0.2) is 36.7 Å². The number of aryl methyl sites for hydroxylation is 1. The number of imidazole rings is 1. The average molecular weight is 427 g/mol. The van der Waals surface area contributed by atoms with Crippen molar-refractivity contribution in [3.63, 3.8) is 0 Å². The Kier molecular flexibility index (Phi) is 6.96. The number of rotatable bonds is 10. The quantitative estimate of drug-likeness (QED) is 0.363. The first-order valence-corrected chi connectivity index (χ1v) is 10.9. The molecule has 5 N–H and O–H groups in total. The molecular weight excluding hydrogens is 396 g/mol. The number of aromatic nitrogens is 4. The number of aliphatic hydroxyl groups is 2. The van der Waals surface area contributed by atoms with Crippen LogP contribution in [0, 0.1) is 0 Å². The molecule has 1 aliphatic rings. The lowest BCUT2D eigenvalue weighted by Gasteiger charge is -2.17. The van der Waals surface area contributed by atoms with E-state index in [1.807, 2.05) is 10.6 Å². The fourth-order valence-electron chi connectivity index (χ4n) is 4.01. The first-order valence-electron chi connectivity index (χ1n) is 10.9. The zero-order chi connectivity index (χ0) is 21.6. The minimum Gasteiger partial charge on any atom is -0.394 e. The van der Waals surface area contributed by atoms with Crippen LogP contribution in [0.4, 0.5) is 11.8 Å². The maximum Gasteiger partial charge on any atom is 0.207 e. The molecule has 0 radical (unpaired) electrons. The highest BCUT2D eigenvalue weighted by Crippen LogP contribution is 2.34. The van der Waals surface area contributed by atoms with Crippen molar-refractivity contribution in [3.8, 4) is 0 Å². The van der Waals surface area contributed by atoms with E-state index in [1.54, 1.807) is 0 Å². The zero-order valence-electron chi connectivity index (χ0n) is 17.5. The number of hydrogen-bond acceptors (Lipinski definition) is 8. The van der Waals surface area contributed by atoms with E-state index >= 15 is 0 Å². The predicted octanol–water partition coefficient (Wildman–Crippen LogP) is 2.26. The van der Waals surface area contributed by atoms with Crippen molar-refractivity contribution in [2.45, 2.75) is 57.0 Å². The number of fused-ring (bicyclic) bond motifs is 1. The molecule has 3 atom stereocenters. The van der Waals surface area contributed by atoms with Gasteiger partial charge in [-0.15, -0.1) is 0 Å². The summed E-state index contributed by atoms with van der Waals surface area (Å²) in [6, 6.07) is 10.5. The number of hydrogen-bond donors (Lipinski definition) is 4. The number of nitrogens with two attached hydrogens (primary N) is 1. The second-order valence-corrected chi connectivity index (χ2v) is 7.93. The first kappa shape index (κ1) is 21.5. The van der Waals surface area contributed by atoms with E-state index in [-0.39, 0.29) is 6.61 Å². The van der Waals surface area contributed by atoms with Crippen LogP contribution < -0.4 is 11.1 Å². The van der Waals surface area contributed by atoms with E-state index < -0.39 is 18.4 Å². The molecule has 1 fully saturated rings. The van der Waals surface area contributed by atoms with Gasteiger partial charge in [0.25, 0.3) is 0 Å².